The Morgan fingerprint density at radius 2 is 1.82 bits per heavy atom. The molecule has 0 heterocycles. The highest BCUT2D eigenvalue weighted by Crippen LogP contribution is 2.12. The third-order valence-corrected chi connectivity index (χ3v) is 4.97. The first-order valence-electron chi connectivity index (χ1n) is 6.48. The fraction of sp³-hybridized carbons (Fsp3) is 0.133. The Kier molecular flexibility index (Phi) is 5.33. The van der Waals surface area contributed by atoms with Crippen molar-refractivity contribution < 1.29 is 13.2 Å². The summed E-state index contributed by atoms with van der Waals surface area (Å²) in [6.07, 6.45) is 0. The largest absolute Gasteiger partial charge is 0.348 e. The summed E-state index contributed by atoms with van der Waals surface area (Å²) in [4.78, 5) is 12.2. The van der Waals surface area contributed by atoms with Gasteiger partial charge in [0.2, 0.25) is 10.0 Å². The molecule has 0 saturated carbocycles. The molecule has 2 N–H and O–H groups in total. The van der Waals surface area contributed by atoms with Gasteiger partial charge in [0.05, 0.1) is 4.90 Å². The normalized spacial score (nSPS) is 11.2. The molecule has 2 rings (SSSR count). The molecule has 0 aliphatic carbocycles. The smallest absolute Gasteiger partial charge is 0.251 e. The van der Waals surface area contributed by atoms with Crippen LogP contribution in [0.4, 0.5) is 0 Å². The van der Waals surface area contributed by atoms with E-state index in [2.05, 4.69) is 26.0 Å². The van der Waals surface area contributed by atoms with Gasteiger partial charge >= 0.3 is 0 Å². The molecule has 0 aliphatic rings. The summed E-state index contributed by atoms with van der Waals surface area (Å²) in [6, 6.07) is 13.4. The minimum Gasteiger partial charge on any atom is -0.348 e. The first kappa shape index (κ1) is 16.7. The van der Waals surface area contributed by atoms with Gasteiger partial charge in [-0.15, -0.1) is 0 Å². The second-order valence-corrected chi connectivity index (χ2v) is 7.35. The van der Waals surface area contributed by atoms with Crippen molar-refractivity contribution >= 4 is 31.9 Å². The van der Waals surface area contributed by atoms with Crippen LogP contribution in [0.1, 0.15) is 15.9 Å². The zero-order valence-corrected chi connectivity index (χ0v) is 14.2. The number of benzene rings is 2. The third-order valence-electron chi connectivity index (χ3n) is 3.04. The Bertz CT molecular complexity index is 774. The molecular formula is C15H15BrN2O3S. The van der Waals surface area contributed by atoms with Gasteiger partial charge in [-0.05, 0) is 42.9 Å². The van der Waals surface area contributed by atoms with Crippen LogP contribution in [0, 0.1) is 0 Å². The second kappa shape index (κ2) is 7.04. The number of halogens is 1. The molecule has 0 spiro atoms. The van der Waals surface area contributed by atoms with Crippen LogP contribution < -0.4 is 10.0 Å². The van der Waals surface area contributed by atoms with Crippen LogP contribution in [0.3, 0.4) is 0 Å². The molecule has 22 heavy (non-hydrogen) atoms. The molecule has 0 atom stereocenters. The molecule has 2 aromatic rings. The van der Waals surface area contributed by atoms with Crippen molar-refractivity contribution in [3.63, 3.8) is 0 Å². The second-order valence-electron chi connectivity index (χ2n) is 4.54. The highest BCUT2D eigenvalue weighted by atomic mass is 79.9. The fourth-order valence-corrected chi connectivity index (χ4v) is 2.95. The zero-order chi connectivity index (χ0) is 16.2. The van der Waals surface area contributed by atoms with E-state index in [9.17, 15) is 13.2 Å². The maximum atomic E-state index is 12.0. The summed E-state index contributed by atoms with van der Waals surface area (Å²) in [5.41, 5.74) is 1.38. The zero-order valence-electron chi connectivity index (χ0n) is 11.8. The summed E-state index contributed by atoms with van der Waals surface area (Å²) >= 11 is 3.32. The lowest BCUT2D eigenvalue weighted by atomic mass is 10.2. The van der Waals surface area contributed by atoms with Gasteiger partial charge in [-0.3, -0.25) is 4.79 Å². The maximum Gasteiger partial charge on any atom is 0.251 e. The Morgan fingerprint density at radius 3 is 2.41 bits per heavy atom. The number of nitrogens with one attached hydrogen (secondary N) is 2. The molecule has 2 aromatic carbocycles. The predicted molar refractivity (Wildman–Crippen MR) is 88.0 cm³/mol. The first-order valence-corrected chi connectivity index (χ1v) is 8.76. The van der Waals surface area contributed by atoms with E-state index >= 15 is 0 Å². The molecule has 0 aliphatic heterocycles. The SMILES string of the molecule is CNS(=O)(=O)c1ccc(CNC(=O)c2cccc(Br)c2)cc1. The van der Waals surface area contributed by atoms with Gasteiger partial charge in [-0.25, -0.2) is 13.1 Å². The summed E-state index contributed by atoms with van der Waals surface area (Å²) in [7, 11) is -2.07. The van der Waals surface area contributed by atoms with Gasteiger partial charge in [0.1, 0.15) is 0 Å². The molecule has 0 saturated heterocycles. The summed E-state index contributed by atoms with van der Waals surface area (Å²) in [6.45, 7) is 0.325. The quantitative estimate of drug-likeness (QED) is 0.832. The van der Waals surface area contributed by atoms with Crippen molar-refractivity contribution in [3.8, 4) is 0 Å². The monoisotopic (exact) mass is 382 g/mol. The number of carbonyl (C=O) groups excluding carboxylic acids is 1. The van der Waals surface area contributed by atoms with Gasteiger partial charge < -0.3 is 5.32 Å². The van der Waals surface area contributed by atoms with Gasteiger partial charge in [0.15, 0.2) is 0 Å². The van der Waals surface area contributed by atoms with Crippen molar-refractivity contribution in [2.24, 2.45) is 0 Å². The highest BCUT2D eigenvalue weighted by Gasteiger charge is 2.11. The first-order chi connectivity index (χ1) is 10.4. The van der Waals surface area contributed by atoms with Crippen LogP contribution in [0.5, 0.6) is 0 Å². The summed E-state index contributed by atoms with van der Waals surface area (Å²) in [5.74, 6) is -0.187. The van der Waals surface area contributed by atoms with Crippen LogP contribution in [-0.2, 0) is 16.6 Å². The minimum atomic E-state index is -3.44. The number of hydrogen-bond acceptors (Lipinski definition) is 3. The average molecular weight is 383 g/mol. The van der Waals surface area contributed by atoms with Crippen molar-refractivity contribution in [3.05, 3.63) is 64.1 Å². The van der Waals surface area contributed by atoms with Crippen molar-refractivity contribution in [1.82, 2.24) is 10.0 Å². The van der Waals surface area contributed by atoms with Crippen molar-refractivity contribution in [2.75, 3.05) is 7.05 Å². The van der Waals surface area contributed by atoms with E-state index in [1.807, 2.05) is 6.07 Å². The molecule has 5 nitrogen and oxygen atoms in total. The predicted octanol–water partition coefficient (Wildman–Crippen LogP) is 2.29. The average Bonchev–Trinajstić information content (AvgIpc) is 2.53. The number of sulfonamides is 1. The van der Waals surface area contributed by atoms with Crippen LogP contribution in [0.15, 0.2) is 57.9 Å². The van der Waals surface area contributed by atoms with Crippen LogP contribution >= 0.6 is 15.9 Å². The van der Waals surface area contributed by atoms with E-state index < -0.39 is 10.0 Å². The third kappa shape index (κ3) is 4.16. The van der Waals surface area contributed by atoms with Gasteiger partial charge in [0, 0.05) is 16.6 Å². The van der Waals surface area contributed by atoms with E-state index in [1.54, 1.807) is 30.3 Å². The van der Waals surface area contributed by atoms with Crippen molar-refractivity contribution in [2.45, 2.75) is 11.4 Å². The molecule has 0 unspecified atom stereocenters. The van der Waals surface area contributed by atoms with Crippen LogP contribution in [-0.4, -0.2) is 21.4 Å². The summed E-state index contributed by atoms with van der Waals surface area (Å²) in [5, 5.41) is 2.79. The maximum absolute atomic E-state index is 12.0. The molecule has 116 valence electrons. The lowest BCUT2D eigenvalue weighted by Gasteiger charge is -2.07. The van der Waals surface area contributed by atoms with Gasteiger partial charge in [-0.2, -0.15) is 0 Å². The van der Waals surface area contributed by atoms with Crippen LogP contribution in [0.25, 0.3) is 0 Å². The van der Waals surface area contributed by atoms with Gasteiger partial charge in [-0.1, -0.05) is 34.1 Å². The molecule has 1 amide bonds. The van der Waals surface area contributed by atoms with E-state index in [4.69, 9.17) is 0 Å². The Balaban J connectivity index is 2.02. The lowest BCUT2D eigenvalue weighted by molar-refractivity contribution is 0.0951. The molecule has 0 aromatic heterocycles. The van der Waals surface area contributed by atoms with Crippen LogP contribution in [0.2, 0.25) is 0 Å². The fourth-order valence-electron chi connectivity index (χ4n) is 1.82. The number of carbonyl (C=O) groups is 1. The summed E-state index contributed by atoms with van der Waals surface area (Å²) < 4.78 is 26.3. The highest BCUT2D eigenvalue weighted by molar-refractivity contribution is 9.10. The number of hydrogen-bond donors (Lipinski definition) is 2. The minimum absolute atomic E-state index is 0.187. The molecular weight excluding hydrogens is 368 g/mol. The Morgan fingerprint density at radius 1 is 1.14 bits per heavy atom. The van der Waals surface area contributed by atoms with Gasteiger partial charge in [0.25, 0.3) is 5.91 Å². The molecule has 0 bridgehead atoms. The van der Waals surface area contributed by atoms with E-state index in [-0.39, 0.29) is 10.8 Å². The Labute approximate surface area is 137 Å². The number of amides is 1. The number of rotatable bonds is 5. The Hall–Kier alpha value is -1.70. The van der Waals surface area contributed by atoms with Crippen molar-refractivity contribution in [1.29, 1.82) is 0 Å². The van der Waals surface area contributed by atoms with E-state index in [0.717, 1.165) is 10.0 Å². The standard InChI is InChI=1S/C15H15BrN2O3S/c1-17-22(20,21)14-7-5-11(6-8-14)10-18-15(19)12-3-2-4-13(16)9-12/h2-9,17H,10H2,1H3,(H,18,19). The lowest BCUT2D eigenvalue weighted by Crippen LogP contribution is -2.23. The van der Waals surface area contributed by atoms with E-state index in [1.165, 1.54) is 19.2 Å². The topological polar surface area (TPSA) is 75.3 Å². The molecule has 7 heteroatoms. The molecule has 0 radical (unpaired) electrons. The van der Waals surface area contributed by atoms with E-state index in [0.29, 0.717) is 12.1 Å². The molecule has 0 fully saturated rings.